The van der Waals surface area contributed by atoms with E-state index >= 15 is 0 Å². The van der Waals surface area contributed by atoms with Crippen molar-refractivity contribution >= 4 is 6.41 Å². The van der Waals surface area contributed by atoms with E-state index in [0.717, 1.165) is 13.0 Å². The topological polar surface area (TPSA) is 40.5 Å². The summed E-state index contributed by atoms with van der Waals surface area (Å²) in [5, 5.41) is 11.2. The molecule has 1 aliphatic rings. The zero-order chi connectivity index (χ0) is 10.2. The monoisotopic (exact) mass is 187 g/mol. The molecule has 13 heavy (non-hydrogen) atoms. The van der Waals surface area contributed by atoms with Gasteiger partial charge in [0.05, 0.1) is 13.0 Å². The van der Waals surface area contributed by atoms with E-state index in [1.807, 2.05) is 14.0 Å². The third-order valence-corrected chi connectivity index (χ3v) is 3.19. The standard InChI is InChI=1S/C9H19N2O2/c1-7(2)11(4)5-8(3)9(13)10(11)6-12/h6-9,13H,5H2,1-4H3/q+1. The second kappa shape index (κ2) is 3.27. The SMILES string of the molecule is CC1C[N+](C)(C(C)C)N(C=O)C1O. The Bertz CT molecular complexity index is 208. The van der Waals surface area contributed by atoms with E-state index in [0.29, 0.717) is 10.6 Å². The third-order valence-electron chi connectivity index (χ3n) is 3.19. The normalized spacial score (nSPS) is 40.0. The maximum Gasteiger partial charge on any atom is 0.258 e. The van der Waals surface area contributed by atoms with Gasteiger partial charge < -0.3 is 5.11 Å². The van der Waals surface area contributed by atoms with Gasteiger partial charge in [-0.05, 0) is 13.8 Å². The first kappa shape index (κ1) is 10.5. The van der Waals surface area contributed by atoms with Crippen molar-refractivity contribution in [3.05, 3.63) is 0 Å². The minimum Gasteiger partial charge on any atom is -0.368 e. The summed E-state index contributed by atoms with van der Waals surface area (Å²) < 4.78 is 0.506. The number of carbonyl (C=O) groups is 1. The fourth-order valence-electron chi connectivity index (χ4n) is 1.95. The Balaban J connectivity index is 2.93. The van der Waals surface area contributed by atoms with Gasteiger partial charge in [0.15, 0.2) is 6.23 Å². The number of amides is 1. The third kappa shape index (κ3) is 1.44. The first-order valence-electron chi connectivity index (χ1n) is 4.71. The molecule has 0 bridgehead atoms. The highest BCUT2D eigenvalue weighted by molar-refractivity contribution is 5.45. The first-order valence-corrected chi connectivity index (χ1v) is 4.71. The van der Waals surface area contributed by atoms with Crippen molar-refractivity contribution in [1.82, 2.24) is 5.01 Å². The highest BCUT2D eigenvalue weighted by Crippen LogP contribution is 2.29. The maximum atomic E-state index is 10.8. The summed E-state index contributed by atoms with van der Waals surface area (Å²) in [6.45, 7) is 6.90. The number of rotatable bonds is 2. The molecule has 0 aromatic carbocycles. The molecule has 3 atom stereocenters. The predicted molar refractivity (Wildman–Crippen MR) is 49.3 cm³/mol. The second-order valence-electron chi connectivity index (χ2n) is 4.37. The molecule has 1 saturated heterocycles. The number of carbonyl (C=O) groups excluding carboxylic acids is 1. The van der Waals surface area contributed by atoms with Gasteiger partial charge in [-0.2, -0.15) is 5.01 Å². The van der Waals surface area contributed by atoms with Crippen LogP contribution in [0.1, 0.15) is 20.8 Å². The van der Waals surface area contributed by atoms with E-state index < -0.39 is 6.23 Å². The molecule has 1 fully saturated rings. The molecule has 4 nitrogen and oxygen atoms in total. The lowest BCUT2D eigenvalue weighted by atomic mass is 10.1. The Hall–Kier alpha value is -0.610. The van der Waals surface area contributed by atoms with Crippen LogP contribution in [-0.4, -0.2) is 47.0 Å². The summed E-state index contributed by atoms with van der Waals surface area (Å²) in [5.41, 5.74) is 0. The number of hydrogen-bond acceptors (Lipinski definition) is 2. The first-order chi connectivity index (χ1) is 5.93. The average Bonchev–Trinajstić information content (AvgIpc) is 2.25. The van der Waals surface area contributed by atoms with Crippen LogP contribution in [0.5, 0.6) is 0 Å². The molecular weight excluding hydrogens is 168 g/mol. The smallest absolute Gasteiger partial charge is 0.258 e. The highest BCUT2D eigenvalue weighted by atomic mass is 16.3. The fraction of sp³-hybridized carbons (Fsp3) is 0.889. The number of aliphatic hydroxyl groups excluding tert-OH is 1. The molecule has 4 heteroatoms. The highest BCUT2D eigenvalue weighted by Gasteiger charge is 2.48. The summed E-state index contributed by atoms with van der Waals surface area (Å²) in [7, 11) is 1.98. The van der Waals surface area contributed by atoms with Gasteiger partial charge in [-0.1, -0.05) is 6.92 Å². The molecule has 0 aromatic heterocycles. The summed E-state index contributed by atoms with van der Waals surface area (Å²) in [6.07, 6.45) is 0.110. The summed E-state index contributed by atoms with van der Waals surface area (Å²) in [4.78, 5) is 10.8. The lowest BCUT2D eigenvalue weighted by Crippen LogP contribution is -2.58. The predicted octanol–water partition coefficient (Wildman–Crippen LogP) is 0.183. The van der Waals surface area contributed by atoms with Crippen LogP contribution in [0.4, 0.5) is 0 Å². The van der Waals surface area contributed by atoms with Gasteiger partial charge in [0.2, 0.25) is 0 Å². The van der Waals surface area contributed by atoms with Gasteiger partial charge in [-0.25, -0.2) is 4.59 Å². The van der Waals surface area contributed by atoms with Crippen molar-refractivity contribution in [2.75, 3.05) is 13.6 Å². The Kier molecular flexibility index (Phi) is 2.63. The molecule has 0 radical (unpaired) electrons. The lowest BCUT2D eigenvalue weighted by molar-refractivity contribution is -1.01. The molecule has 1 aliphatic heterocycles. The zero-order valence-electron chi connectivity index (χ0n) is 8.77. The molecule has 0 aliphatic carbocycles. The fourth-order valence-corrected chi connectivity index (χ4v) is 1.95. The van der Waals surface area contributed by atoms with Gasteiger partial charge in [0.25, 0.3) is 6.41 Å². The molecule has 76 valence electrons. The van der Waals surface area contributed by atoms with Gasteiger partial charge in [-0.3, -0.25) is 4.79 Å². The molecule has 1 rings (SSSR count). The van der Waals surface area contributed by atoms with E-state index in [-0.39, 0.29) is 5.92 Å². The van der Waals surface area contributed by atoms with E-state index in [1.165, 1.54) is 5.01 Å². The van der Waals surface area contributed by atoms with Crippen molar-refractivity contribution in [1.29, 1.82) is 0 Å². The number of quaternary nitrogens is 1. The number of nitrogens with zero attached hydrogens (tertiary/aromatic N) is 2. The van der Waals surface area contributed by atoms with E-state index in [9.17, 15) is 9.90 Å². The van der Waals surface area contributed by atoms with E-state index in [1.54, 1.807) is 0 Å². The lowest BCUT2D eigenvalue weighted by Gasteiger charge is -2.38. The van der Waals surface area contributed by atoms with E-state index in [2.05, 4.69) is 13.8 Å². The molecule has 1 amide bonds. The maximum absolute atomic E-state index is 10.8. The van der Waals surface area contributed by atoms with Gasteiger partial charge in [0, 0.05) is 0 Å². The Morgan fingerprint density at radius 1 is 1.62 bits per heavy atom. The minimum atomic E-state index is -0.634. The van der Waals surface area contributed by atoms with Gasteiger partial charge in [-0.15, -0.1) is 0 Å². The van der Waals surface area contributed by atoms with Crippen molar-refractivity contribution in [2.24, 2.45) is 5.92 Å². The molecule has 0 spiro atoms. The van der Waals surface area contributed by atoms with Crippen molar-refractivity contribution in [2.45, 2.75) is 33.0 Å². The number of aliphatic hydroxyl groups is 1. The molecule has 1 heterocycles. The quantitative estimate of drug-likeness (QED) is 0.495. The Labute approximate surface area is 79.3 Å². The molecule has 0 saturated carbocycles. The largest absolute Gasteiger partial charge is 0.368 e. The second-order valence-corrected chi connectivity index (χ2v) is 4.37. The zero-order valence-corrected chi connectivity index (χ0v) is 8.77. The summed E-state index contributed by atoms with van der Waals surface area (Å²) >= 11 is 0. The van der Waals surface area contributed by atoms with Crippen LogP contribution in [0, 0.1) is 5.92 Å². The van der Waals surface area contributed by atoms with Crippen LogP contribution in [0.25, 0.3) is 0 Å². The minimum absolute atomic E-state index is 0.151. The molecule has 1 N–H and O–H groups in total. The van der Waals surface area contributed by atoms with Gasteiger partial charge in [0.1, 0.15) is 12.6 Å². The summed E-state index contributed by atoms with van der Waals surface area (Å²) in [6, 6.07) is 0.310. The van der Waals surface area contributed by atoms with Crippen LogP contribution in [0.2, 0.25) is 0 Å². The van der Waals surface area contributed by atoms with Crippen molar-refractivity contribution in [3.63, 3.8) is 0 Å². The van der Waals surface area contributed by atoms with Crippen LogP contribution in [0.3, 0.4) is 0 Å². The van der Waals surface area contributed by atoms with Crippen LogP contribution in [0.15, 0.2) is 0 Å². The summed E-state index contributed by atoms with van der Waals surface area (Å²) in [5.74, 6) is 0.151. The Morgan fingerprint density at radius 3 is 2.46 bits per heavy atom. The number of hydrogen-bond donors (Lipinski definition) is 1. The molecule has 0 aromatic rings. The van der Waals surface area contributed by atoms with E-state index in [4.69, 9.17) is 0 Å². The Morgan fingerprint density at radius 2 is 2.15 bits per heavy atom. The molecular formula is C9H19N2O2+. The van der Waals surface area contributed by atoms with Gasteiger partial charge >= 0.3 is 0 Å². The molecule has 3 unspecified atom stereocenters. The van der Waals surface area contributed by atoms with Crippen LogP contribution < -0.4 is 0 Å². The van der Waals surface area contributed by atoms with Crippen molar-refractivity contribution in [3.8, 4) is 0 Å². The average molecular weight is 187 g/mol. The van der Waals surface area contributed by atoms with Crippen LogP contribution in [-0.2, 0) is 4.79 Å². The van der Waals surface area contributed by atoms with Crippen LogP contribution >= 0.6 is 0 Å². The van der Waals surface area contributed by atoms with Crippen molar-refractivity contribution < 1.29 is 14.5 Å².